The van der Waals surface area contributed by atoms with Crippen molar-refractivity contribution in [2.75, 3.05) is 18.0 Å². The SMILES string of the molecule is CCCc1oncc1C(=O)N[C@@H]1CCCN(c2nc3ccccc3s2)C1. The summed E-state index contributed by atoms with van der Waals surface area (Å²) in [7, 11) is 0. The Morgan fingerprint density at radius 3 is 3.15 bits per heavy atom. The molecule has 1 atom stereocenters. The van der Waals surface area contributed by atoms with Gasteiger partial charge in [-0.2, -0.15) is 0 Å². The molecule has 6 nitrogen and oxygen atoms in total. The number of nitrogens with zero attached hydrogens (tertiary/aromatic N) is 3. The van der Waals surface area contributed by atoms with E-state index in [0.29, 0.717) is 11.3 Å². The summed E-state index contributed by atoms with van der Waals surface area (Å²) >= 11 is 1.71. The number of anilines is 1. The lowest BCUT2D eigenvalue weighted by Gasteiger charge is -2.32. The zero-order valence-corrected chi connectivity index (χ0v) is 15.6. The maximum absolute atomic E-state index is 12.6. The van der Waals surface area contributed by atoms with Crippen LogP contribution in [0.5, 0.6) is 0 Å². The van der Waals surface area contributed by atoms with Gasteiger partial charge in [0.25, 0.3) is 5.91 Å². The van der Waals surface area contributed by atoms with Crippen LogP contribution in [-0.4, -0.2) is 35.2 Å². The number of rotatable bonds is 5. The molecule has 7 heteroatoms. The molecule has 1 N–H and O–H groups in total. The second kappa shape index (κ2) is 7.45. The maximum atomic E-state index is 12.6. The third-order valence-electron chi connectivity index (χ3n) is 4.68. The van der Waals surface area contributed by atoms with Crippen molar-refractivity contribution in [2.45, 2.75) is 38.6 Å². The fourth-order valence-electron chi connectivity index (χ4n) is 3.38. The predicted octanol–water partition coefficient (Wildman–Crippen LogP) is 3.64. The van der Waals surface area contributed by atoms with Gasteiger partial charge in [-0.15, -0.1) is 0 Å². The number of aromatic nitrogens is 2. The molecule has 0 spiro atoms. The topological polar surface area (TPSA) is 71.3 Å². The molecule has 1 saturated heterocycles. The molecule has 0 saturated carbocycles. The monoisotopic (exact) mass is 370 g/mol. The summed E-state index contributed by atoms with van der Waals surface area (Å²) in [5.41, 5.74) is 1.59. The number of hydrogen-bond acceptors (Lipinski definition) is 6. The normalized spacial score (nSPS) is 17.6. The summed E-state index contributed by atoms with van der Waals surface area (Å²) in [6.07, 6.45) is 5.18. The average Bonchev–Trinajstić information content (AvgIpc) is 3.29. The van der Waals surface area contributed by atoms with E-state index in [2.05, 4.69) is 28.4 Å². The minimum atomic E-state index is -0.0918. The summed E-state index contributed by atoms with van der Waals surface area (Å²) in [5, 5.41) is 7.97. The van der Waals surface area contributed by atoms with Gasteiger partial charge in [-0.05, 0) is 31.4 Å². The Hall–Kier alpha value is -2.41. The summed E-state index contributed by atoms with van der Waals surface area (Å²) in [6, 6.07) is 8.29. The Balaban J connectivity index is 1.45. The number of fused-ring (bicyclic) bond motifs is 1. The number of carbonyl (C=O) groups excluding carboxylic acids is 1. The molecular weight excluding hydrogens is 348 g/mol. The van der Waals surface area contributed by atoms with Gasteiger partial charge in [-0.25, -0.2) is 4.98 Å². The minimum absolute atomic E-state index is 0.0918. The molecule has 1 fully saturated rings. The van der Waals surface area contributed by atoms with Crippen molar-refractivity contribution in [1.82, 2.24) is 15.5 Å². The fourth-order valence-corrected chi connectivity index (χ4v) is 4.38. The fraction of sp³-hybridized carbons (Fsp3) is 0.421. The van der Waals surface area contributed by atoms with Crippen molar-refractivity contribution in [2.24, 2.45) is 0 Å². The highest BCUT2D eigenvalue weighted by Crippen LogP contribution is 2.30. The van der Waals surface area contributed by atoms with Crippen LogP contribution in [0.25, 0.3) is 10.2 Å². The van der Waals surface area contributed by atoms with E-state index in [-0.39, 0.29) is 11.9 Å². The minimum Gasteiger partial charge on any atom is -0.361 e. The molecule has 1 aromatic carbocycles. The summed E-state index contributed by atoms with van der Waals surface area (Å²) < 4.78 is 6.41. The van der Waals surface area contributed by atoms with E-state index < -0.39 is 0 Å². The van der Waals surface area contributed by atoms with Crippen molar-refractivity contribution >= 4 is 32.6 Å². The Kier molecular flexibility index (Phi) is 4.88. The molecule has 4 rings (SSSR count). The molecule has 136 valence electrons. The van der Waals surface area contributed by atoms with Gasteiger partial charge in [0, 0.05) is 25.6 Å². The van der Waals surface area contributed by atoms with Gasteiger partial charge in [-0.1, -0.05) is 35.5 Å². The molecule has 0 bridgehead atoms. The first-order valence-corrected chi connectivity index (χ1v) is 9.91. The van der Waals surface area contributed by atoms with Crippen LogP contribution in [0.2, 0.25) is 0 Å². The first kappa shape index (κ1) is 17.0. The van der Waals surface area contributed by atoms with Crippen molar-refractivity contribution < 1.29 is 9.32 Å². The van der Waals surface area contributed by atoms with E-state index >= 15 is 0 Å². The van der Waals surface area contributed by atoms with Gasteiger partial charge in [0.15, 0.2) is 5.13 Å². The molecule has 1 aliphatic heterocycles. The van der Waals surface area contributed by atoms with Crippen LogP contribution in [0.4, 0.5) is 5.13 Å². The van der Waals surface area contributed by atoms with Crippen LogP contribution < -0.4 is 10.2 Å². The number of nitrogens with one attached hydrogen (secondary N) is 1. The van der Waals surface area contributed by atoms with Gasteiger partial charge >= 0.3 is 0 Å². The highest BCUT2D eigenvalue weighted by Gasteiger charge is 2.25. The number of thiazole rings is 1. The lowest BCUT2D eigenvalue weighted by atomic mass is 10.1. The van der Waals surface area contributed by atoms with Crippen molar-refractivity contribution in [3.63, 3.8) is 0 Å². The van der Waals surface area contributed by atoms with E-state index in [1.54, 1.807) is 11.3 Å². The Bertz CT molecular complexity index is 871. The third kappa shape index (κ3) is 3.44. The van der Waals surface area contributed by atoms with Gasteiger partial charge in [0.2, 0.25) is 0 Å². The zero-order valence-electron chi connectivity index (χ0n) is 14.8. The third-order valence-corrected chi connectivity index (χ3v) is 5.77. The van der Waals surface area contributed by atoms with E-state index in [4.69, 9.17) is 9.51 Å². The molecule has 2 aromatic heterocycles. The number of para-hydroxylation sites is 1. The van der Waals surface area contributed by atoms with Crippen LogP contribution in [0, 0.1) is 0 Å². The molecule has 1 amide bonds. The Morgan fingerprint density at radius 2 is 2.31 bits per heavy atom. The second-order valence-corrected chi connectivity index (χ2v) is 7.64. The highest BCUT2D eigenvalue weighted by atomic mass is 32.1. The quantitative estimate of drug-likeness (QED) is 0.742. The summed E-state index contributed by atoms with van der Waals surface area (Å²) in [5.74, 6) is 0.578. The number of hydrogen-bond donors (Lipinski definition) is 1. The lowest BCUT2D eigenvalue weighted by molar-refractivity contribution is 0.0931. The smallest absolute Gasteiger partial charge is 0.256 e. The molecule has 3 heterocycles. The van der Waals surface area contributed by atoms with Gasteiger partial charge < -0.3 is 14.7 Å². The van der Waals surface area contributed by atoms with E-state index in [1.807, 2.05) is 18.2 Å². The van der Waals surface area contributed by atoms with Crippen molar-refractivity contribution in [1.29, 1.82) is 0 Å². The number of piperidine rings is 1. The van der Waals surface area contributed by atoms with Crippen LogP contribution in [-0.2, 0) is 6.42 Å². The lowest BCUT2D eigenvalue weighted by Crippen LogP contribution is -2.47. The average molecular weight is 370 g/mol. The van der Waals surface area contributed by atoms with E-state index in [0.717, 1.165) is 49.4 Å². The van der Waals surface area contributed by atoms with Gasteiger partial charge in [0.05, 0.1) is 16.4 Å². The van der Waals surface area contributed by atoms with Gasteiger partial charge in [0.1, 0.15) is 11.3 Å². The second-order valence-electron chi connectivity index (χ2n) is 6.64. The van der Waals surface area contributed by atoms with Crippen molar-refractivity contribution in [3.8, 4) is 0 Å². The zero-order chi connectivity index (χ0) is 17.9. The molecule has 0 radical (unpaired) electrons. The van der Waals surface area contributed by atoms with E-state index in [1.165, 1.54) is 10.9 Å². The van der Waals surface area contributed by atoms with Crippen LogP contribution in [0.3, 0.4) is 0 Å². The molecular formula is C19H22N4O2S. The largest absolute Gasteiger partial charge is 0.361 e. The molecule has 3 aromatic rings. The molecule has 1 aliphatic rings. The predicted molar refractivity (Wildman–Crippen MR) is 103 cm³/mol. The van der Waals surface area contributed by atoms with Crippen LogP contribution >= 0.6 is 11.3 Å². The number of benzene rings is 1. The summed E-state index contributed by atoms with van der Waals surface area (Å²) in [6.45, 7) is 3.81. The van der Waals surface area contributed by atoms with E-state index in [9.17, 15) is 4.79 Å². The number of aryl methyl sites for hydroxylation is 1. The van der Waals surface area contributed by atoms with Crippen LogP contribution in [0.1, 0.15) is 42.3 Å². The molecule has 0 aliphatic carbocycles. The maximum Gasteiger partial charge on any atom is 0.256 e. The summed E-state index contributed by atoms with van der Waals surface area (Å²) in [4.78, 5) is 19.6. The molecule has 26 heavy (non-hydrogen) atoms. The first-order valence-electron chi connectivity index (χ1n) is 9.09. The number of amides is 1. The molecule has 0 unspecified atom stereocenters. The highest BCUT2D eigenvalue weighted by molar-refractivity contribution is 7.22. The first-order chi connectivity index (χ1) is 12.7. The Morgan fingerprint density at radius 1 is 1.42 bits per heavy atom. The van der Waals surface area contributed by atoms with Crippen LogP contribution in [0.15, 0.2) is 35.0 Å². The number of carbonyl (C=O) groups is 1. The Labute approximate surface area is 156 Å². The van der Waals surface area contributed by atoms with Crippen molar-refractivity contribution in [3.05, 3.63) is 41.8 Å². The van der Waals surface area contributed by atoms with Gasteiger partial charge in [-0.3, -0.25) is 4.79 Å². The standard InChI is InChI=1S/C19H22N4O2S/c1-2-6-16-14(11-20-25-16)18(24)21-13-7-5-10-23(12-13)19-22-15-8-3-4-9-17(15)26-19/h3-4,8-9,11,13H,2,5-7,10,12H2,1H3,(H,21,24)/t13-/m1/s1.